The summed E-state index contributed by atoms with van der Waals surface area (Å²) in [6.45, 7) is 15.0. The van der Waals surface area contributed by atoms with Crippen LogP contribution < -0.4 is 5.73 Å². The highest BCUT2D eigenvalue weighted by Gasteiger charge is 2.38. The number of fused-ring (bicyclic) bond motifs is 1. The Bertz CT molecular complexity index is 921. The van der Waals surface area contributed by atoms with Crippen LogP contribution in [0.1, 0.15) is 26.8 Å². The fourth-order valence-electron chi connectivity index (χ4n) is 2.39. The molecule has 0 aliphatic rings. The topological polar surface area (TPSA) is 146 Å². The summed E-state index contributed by atoms with van der Waals surface area (Å²) >= 11 is 0. The van der Waals surface area contributed by atoms with Gasteiger partial charge >= 0.3 is 7.60 Å². The van der Waals surface area contributed by atoms with Crippen LogP contribution in [0.3, 0.4) is 0 Å². The molecule has 2 aromatic heterocycles. The van der Waals surface area contributed by atoms with Crippen molar-refractivity contribution in [2.45, 2.75) is 44.9 Å². The number of hydrogen-bond donors (Lipinski definition) is 3. The molecule has 0 saturated carbocycles. The average Bonchev–Trinajstić information content (AvgIpc) is 2.98. The fourth-order valence-corrected chi connectivity index (χ4v) is 3.73. The largest absolute Gasteiger partial charge is 0.414 e. The van der Waals surface area contributed by atoms with E-state index in [4.69, 9.17) is 24.7 Å². The number of nitrogens with zero attached hydrogens (tertiary/aromatic N) is 4. The summed E-state index contributed by atoms with van der Waals surface area (Å²) in [4.78, 5) is 30.6. The van der Waals surface area contributed by atoms with Gasteiger partial charge in [0.2, 0.25) is 0 Å². The van der Waals surface area contributed by atoms with Gasteiger partial charge in [-0.3, -0.25) is 4.57 Å². The smallest absolute Gasteiger partial charge is 0.350 e. The third-order valence-electron chi connectivity index (χ3n) is 5.15. The van der Waals surface area contributed by atoms with E-state index in [1.165, 1.54) is 6.33 Å². The van der Waals surface area contributed by atoms with E-state index in [-0.39, 0.29) is 17.5 Å². The molecule has 1 unspecified atom stereocenters. The molecule has 4 N–H and O–H groups in total. The van der Waals surface area contributed by atoms with Crippen molar-refractivity contribution in [3.8, 4) is 0 Å². The van der Waals surface area contributed by atoms with Crippen LogP contribution in [-0.2, 0) is 13.7 Å². The Morgan fingerprint density at radius 2 is 2.00 bits per heavy atom. The third-order valence-corrected chi connectivity index (χ3v) is 10.2. The average molecular weight is 444 g/mol. The highest BCUT2D eigenvalue weighted by atomic mass is 31.2. The first-order chi connectivity index (χ1) is 13.2. The molecule has 2 rings (SSSR count). The molecule has 0 saturated heterocycles. The van der Waals surface area contributed by atoms with Gasteiger partial charge in [0.15, 0.2) is 19.8 Å². The number of imidazole rings is 1. The first kappa shape index (κ1) is 23.7. The molecule has 2 aromatic rings. The summed E-state index contributed by atoms with van der Waals surface area (Å²) in [6.07, 6.45) is 2.26. The van der Waals surface area contributed by atoms with Gasteiger partial charge in [-0.15, -0.1) is 0 Å². The summed E-state index contributed by atoms with van der Waals surface area (Å²) in [5, 5.41) is 0.0133. The van der Waals surface area contributed by atoms with E-state index in [2.05, 4.69) is 55.4 Å². The third kappa shape index (κ3) is 5.94. The van der Waals surface area contributed by atoms with Crippen LogP contribution in [0, 0.1) is 0 Å². The van der Waals surface area contributed by atoms with E-state index < -0.39 is 28.3 Å². The lowest BCUT2D eigenvalue weighted by Gasteiger charge is -2.37. The zero-order valence-corrected chi connectivity index (χ0v) is 19.4. The van der Waals surface area contributed by atoms with Crippen molar-refractivity contribution >= 4 is 32.9 Å². The van der Waals surface area contributed by atoms with Crippen molar-refractivity contribution in [1.29, 1.82) is 0 Å². The first-order valence-electron chi connectivity index (χ1n) is 9.10. The van der Waals surface area contributed by atoms with Crippen LogP contribution in [0.25, 0.3) is 11.2 Å². The van der Waals surface area contributed by atoms with Gasteiger partial charge in [-0.25, -0.2) is 15.0 Å². The number of ether oxygens (including phenoxy) is 1. The van der Waals surface area contributed by atoms with Crippen molar-refractivity contribution in [3.63, 3.8) is 0 Å². The number of nitrogen functional groups attached to an aromatic ring is 1. The molecule has 0 aliphatic carbocycles. The van der Waals surface area contributed by atoms with Gasteiger partial charge in [0.05, 0.1) is 25.6 Å². The Balaban J connectivity index is 2.31. The lowest BCUT2D eigenvalue weighted by atomic mass is 10.1. The molecule has 0 aromatic carbocycles. The number of hydrogen-bond acceptors (Lipinski definition) is 7. The van der Waals surface area contributed by atoms with Crippen molar-refractivity contribution < 1.29 is 23.5 Å². The Kier molecular flexibility index (Phi) is 7.04. The first-order valence-corrected chi connectivity index (χ1v) is 13.8. The summed E-state index contributed by atoms with van der Waals surface area (Å²) < 4.78 is 24.4. The summed E-state index contributed by atoms with van der Waals surface area (Å²) in [7, 11) is -6.33. The zero-order valence-electron chi connectivity index (χ0n) is 17.5. The predicted molar refractivity (Wildman–Crippen MR) is 114 cm³/mol. The van der Waals surface area contributed by atoms with Crippen LogP contribution in [0.2, 0.25) is 18.1 Å². The minimum absolute atomic E-state index is 0.0133. The number of aromatic nitrogens is 4. The van der Waals surface area contributed by atoms with Crippen molar-refractivity contribution in [3.05, 3.63) is 24.8 Å². The van der Waals surface area contributed by atoms with Crippen LogP contribution in [0.5, 0.6) is 0 Å². The van der Waals surface area contributed by atoms with E-state index in [1.54, 1.807) is 10.9 Å². The molecule has 0 aliphatic heterocycles. The molecule has 162 valence electrons. The molecule has 0 radical (unpaired) electrons. The van der Waals surface area contributed by atoms with Crippen molar-refractivity contribution in [2.75, 3.05) is 25.3 Å². The van der Waals surface area contributed by atoms with Gasteiger partial charge in [0.25, 0.3) is 0 Å². The van der Waals surface area contributed by atoms with Crippen LogP contribution in [0.4, 0.5) is 5.82 Å². The van der Waals surface area contributed by atoms with Crippen molar-refractivity contribution in [2.24, 2.45) is 0 Å². The van der Waals surface area contributed by atoms with E-state index in [1.807, 2.05) is 0 Å². The lowest BCUT2D eigenvalue weighted by Crippen LogP contribution is -2.42. The zero-order chi connectivity index (χ0) is 22.0. The van der Waals surface area contributed by atoms with Gasteiger partial charge in [-0.1, -0.05) is 27.4 Å². The molecular formula is C17H30N5O5PSi. The molecule has 2 heterocycles. The Morgan fingerprint density at radius 3 is 2.59 bits per heavy atom. The lowest BCUT2D eigenvalue weighted by molar-refractivity contribution is 0.164. The second kappa shape index (κ2) is 8.63. The highest BCUT2D eigenvalue weighted by molar-refractivity contribution is 7.51. The molecule has 0 fully saturated rings. The monoisotopic (exact) mass is 443 g/mol. The molecule has 0 spiro atoms. The maximum absolute atomic E-state index is 11.1. The quantitative estimate of drug-likeness (QED) is 0.302. The van der Waals surface area contributed by atoms with Gasteiger partial charge in [0.1, 0.15) is 18.2 Å². The van der Waals surface area contributed by atoms with E-state index in [9.17, 15) is 4.57 Å². The van der Waals surface area contributed by atoms with E-state index >= 15 is 0 Å². The van der Waals surface area contributed by atoms with Gasteiger partial charge in [-0.2, -0.15) is 0 Å². The maximum atomic E-state index is 11.1. The second-order valence-corrected chi connectivity index (χ2v) is 14.9. The van der Waals surface area contributed by atoms with Crippen LogP contribution in [0.15, 0.2) is 24.8 Å². The highest BCUT2D eigenvalue weighted by Crippen LogP contribution is 2.38. The van der Waals surface area contributed by atoms with Gasteiger partial charge < -0.3 is 29.3 Å². The Hall–Kier alpha value is -1.62. The summed E-state index contributed by atoms with van der Waals surface area (Å²) in [5.41, 5.74) is 7.46. The SMILES string of the molecule is C=C(COCP(=O)(O)O)C(CO[Si](C)(C)C(C)(C)C)n1cnc2c(N)ncnc21. The predicted octanol–water partition coefficient (Wildman–Crippen LogP) is 2.68. The van der Waals surface area contributed by atoms with Gasteiger partial charge in [0, 0.05) is 0 Å². The van der Waals surface area contributed by atoms with Crippen LogP contribution in [-0.4, -0.2) is 57.2 Å². The molecule has 12 heteroatoms. The minimum atomic E-state index is -4.27. The maximum Gasteiger partial charge on any atom is 0.350 e. The minimum Gasteiger partial charge on any atom is -0.414 e. The van der Waals surface area contributed by atoms with Gasteiger partial charge in [-0.05, 0) is 23.7 Å². The fraction of sp³-hybridized carbons (Fsp3) is 0.588. The molecular weight excluding hydrogens is 413 g/mol. The number of anilines is 1. The number of rotatable bonds is 9. The molecule has 10 nitrogen and oxygen atoms in total. The normalized spacial score (nSPS) is 14.3. The Labute approximate surface area is 171 Å². The standard InChI is InChI=1S/C17H30N5O5PSi/c1-12(7-26-11-28(23,24)25)13(8-27-29(5,6)17(2,3)4)22-10-21-14-15(18)19-9-20-16(14)22/h9-10,13H,1,7-8,11H2,2-6H3,(H2,18,19,20)(H2,23,24,25). The summed E-state index contributed by atoms with van der Waals surface area (Å²) in [6, 6.07) is -0.403. The molecule has 0 amide bonds. The second-order valence-electron chi connectivity index (χ2n) is 8.47. The van der Waals surface area contributed by atoms with E-state index in [0.717, 1.165) is 0 Å². The molecule has 29 heavy (non-hydrogen) atoms. The van der Waals surface area contributed by atoms with Crippen molar-refractivity contribution in [1.82, 2.24) is 19.5 Å². The Morgan fingerprint density at radius 1 is 1.34 bits per heavy atom. The molecule has 0 bridgehead atoms. The summed E-state index contributed by atoms with van der Waals surface area (Å²) in [5.74, 6) is 0.265. The number of nitrogens with two attached hydrogens (primary N) is 1. The van der Waals surface area contributed by atoms with Crippen LogP contribution >= 0.6 is 7.60 Å². The molecule has 1 atom stereocenters. The van der Waals surface area contributed by atoms with E-state index in [0.29, 0.717) is 23.3 Å².